The van der Waals surface area contributed by atoms with Crippen LogP contribution in [0.15, 0.2) is 12.2 Å². The summed E-state index contributed by atoms with van der Waals surface area (Å²) in [4.78, 5) is 38.2. The third-order valence-corrected chi connectivity index (χ3v) is 13.8. The summed E-state index contributed by atoms with van der Waals surface area (Å²) < 4.78 is 16.9. The lowest BCUT2D eigenvalue weighted by Gasteiger charge is -2.18. The van der Waals surface area contributed by atoms with Gasteiger partial charge in [-0.3, -0.25) is 14.4 Å². The molecule has 0 N–H and O–H groups in total. The SMILES string of the molecule is CCCCCCCC/C=C\CCCCCCCC(=O)OC(COC(=O)CCCCCCCCCCCCCCCCCCC)COC(=O)CCCCCCCCCCCCCCCCCCC. The van der Waals surface area contributed by atoms with Crippen LogP contribution in [0, 0.1) is 0 Å². The molecule has 0 heterocycles. The molecular formula is C61H116O6. The smallest absolute Gasteiger partial charge is 0.306 e. The van der Waals surface area contributed by atoms with Crippen molar-refractivity contribution < 1.29 is 28.6 Å². The van der Waals surface area contributed by atoms with Crippen molar-refractivity contribution in [3.05, 3.63) is 12.2 Å². The monoisotopic (exact) mass is 945 g/mol. The van der Waals surface area contributed by atoms with Gasteiger partial charge in [-0.05, 0) is 44.9 Å². The van der Waals surface area contributed by atoms with Gasteiger partial charge >= 0.3 is 17.9 Å². The topological polar surface area (TPSA) is 78.9 Å². The molecule has 0 atom stereocenters. The number of esters is 3. The molecule has 0 aliphatic heterocycles. The highest BCUT2D eigenvalue weighted by Crippen LogP contribution is 2.17. The first-order valence-corrected chi connectivity index (χ1v) is 30.2. The van der Waals surface area contributed by atoms with Crippen molar-refractivity contribution in [3.63, 3.8) is 0 Å². The number of carbonyl (C=O) groups is 3. The van der Waals surface area contributed by atoms with E-state index in [-0.39, 0.29) is 31.1 Å². The molecular weight excluding hydrogens is 829 g/mol. The Morgan fingerprint density at radius 2 is 0.493 bits per heavy atom. The minimum atomic E-state index is -0.769. The normalized spacial score (nSPS) is 11.6. The minimum absolute atomic E-state index is 0.0672. The van der Waals surface area contributed by atoms with Crippen molar-refractivity contribution in [1.29, 1.82) is 0 Å². The van der Waals surface area contributed by atoms with Crippen LogP contribution in [0.25, 0.3) is 0 Å². The van der Waals surface area contributed by atoms with E-state index in [1.807, 2.05) is 0 Å². The predicted octanol–water partition coefficient (Wildman–Crippen LogP) is 20.1. The largest absolute Gasteiger partial charge is 0.462 e. The molecule has 0 aliphatic carbocycles. The molecule has 0 rings (SSSR count). The Morgan fingerprint density at radius 1 is 0.284 bits per heavy atom. The van der Waals surface area contributed by atoms with Crippen molar-refractivity contribution >= 4 is 17.9 Å². The van der Waals surface area contributed by atoms with E-state index in [1.165, 1.54) is 238 Å². The molecule has 0 radical (unpaired) electrons. The number of allylic oxidation sites excluding steroid dienone is 2. The second-order valence-corrected chi connectivity index (χ2v) is 20.6. The lowest BCUT2D eigenvalue weighted by Crippen LogP contribution is -2.30. The molecule has 67 heavy (non-hydrogen) atoms. The van der Waals surface area contributed by atoms with Crippen LogP contribution in [-0.2, 0) is 28.6 Å². The molecule has 6 nitrogen and oxygen atoms in total. The van der Waals surface area contributed by atoms with Gasteiger partial charge in [-0.2, -0.15) is 0 Å². The highest BCUT2D eigenvalue weighted by Gasteiger charge is 2.19. The van der Waals surface area contributed by atoms with Gasteiger partial charge in [-0.25, -0.2) is 0 Å². The Kier molecular flexibility index (Phi) is 55.2. The van der Waals surface area contributed by atoms with Crippen LogP contribution in [0.2, 0.25) is 0 Å². The molecule has 396 valence electrons. The van der Waals surface area contributed by atoms with Crippen LogP contribution in [-0.4, -0.2) is 37.2 Å². The summed E-state index contributed by atoms with van der Waals surface area (Å²) in [5.74, 6) is -0.848. The fourth-order valence-electron chi connectivity index (χ4n) is 9.21. The molecule has 0 saturated heterocycles. The van der Waals surface area contributed by atoms with Crippen LogP contribution < -0.4 is 0 Å². The molecule has 0 fully saturated rings. The highest BCUT2D eigenvalue weighted by molar-refractivity contribution is 5.71. The average molecular weight is 946 g/mol. The van der Waals surface area contributed by atoms with Crippen molar-refractivity contribution in [1.82, 2.24) is 0 Å². The first-order valence-electron chi connectivity index (χ1n) is 30.2. The molecule has 0 aromatic heterocycles. The molecule has 0 unspecified atom stereocenters. The summed E-state index contributed by atoms with van der Waals surface area (Å²) >= 11 is 0. The molecule has 0 aromatic carbocycles. The van der Waals surface area contributed by atoms with E-state index in [2.05, 4.69) is 32.9 Å². The number of hydrogen-bond acceptors (Lipinski definition) is 6. The molecule has 0 spiro atoms. The zero-order chi connectivity index (χ0) is 48.6. The lowest BCUT2D eigenvalue weighted by atomic mass is 10.0. The van der Waals surface area contributed by atoms with Crippen molar-refractivity contribution in [3.8, 4) is 0 Å². The standard InChI is InChI=1S/C61H116O6/c1-4-7-10-13-16-19-22-25-28-30-33-35-38-41-44-47-50-53-59(62)65-56-58(67-61(64)55-52-49-46-43-40-37-32-27-24-21-18-15-12-9-6-3)57-66-60(63)54-51-48-45-42-39-36-34-31-29-26-23-20-17-14-11-8-5-2/h27,32,58H,4-26,28-31,33-57H2,1-3H3/b32-27-. The average Bonchev–Trinajstić information content (AvgIpc) is 3.33. The third-order valence-electron chi connectivity index (χ3n) is 13.8. The van der Waals surface area contributed by atoms with E-state index in [4.69, 9.17) is 14.2 Å². The van der Waals surface area contributed by atoms with Gasteiger partial charge in [0.25, 0.3) is 0 Å². The summed E-state index contributed by atoms with van der Waals surface area (Å²) in [6.45, 7) is 6.70. The number of carbonyl (C=O) groups excluding carboxylic acids is 3. The quantitative estimate of drug-likeness (QED) is 0.0262. The molecule has 0 aromatic rings. The van der Waals surface area contributed by atoms with Gasteiger partial charge in [0.1, 0.15) is 13.2 Å². The Bertz CT molecular complexity index is 986. The Labute approximate surface area is 418 Å². The van der Waals surface area contributed by atoms with E-state index in [0.717, 1.165) is 64.2 Å². The second kappa shape index (κ2) is 56.7. The summed E-state index contributed by atoms with van der Waals surface area (Å²) in [6, 6.07) is 0. The highest BCUT2D eigenvalue weighted by atomic mass is 16.6. The molecule has 6 heteroatoms. The van der Waals surface area contributed by atoms with Crippen molar-refractivity contribution in [2.45, 2.75) is 348 Å². The predicted molar refractivity (Wildman–Crippen MR) is 289 cm³/mol. The second-order valence-electron chi connectivity index (χ2n) is 20.6. The fourth-order valence-corrected chi connectivity index (χ4v) is 9.21. The van der Waals surface area contributed by atoms with E-state index in [1.54, 1.807) is 0 Å². The van der Waals surface area contributed by atoms with Crippen molar-refractivity contribution in [2.75, 3.05) is 13.2 Å². The fraction of sp³-hybridized carbons (Fsp3) is 0.918. The maximum Gasteiger partial charge on any atom is 0.306 e. The van der Waals surface area contributed by atoms with Gasteiger partial charge in [0.15, 0.2) is 6.10 Å². The van der Waals surface area contributed by atoms with Gasteiger partial charge in [0.2, 0.25) is 0 Å². The zero-order valence-corrected chi connectivity index (χ0v) is 45.5. The maximum atomic E-state index is 12.9. The van der Waals surface area contributed by atoms with E-state index in [0.29, 0.717) is 19.3 Å². The van der Waals surface area contributed by atoms with E-state index < -0.39 is 6.10 Å². The van der Waals surface area contributed by atoms with Crippen molar-refractivity contribution in [2.24, 2.45) is 0 Å². The number of ether oxygens (including phenoxy) is 3. The lowest BCUT2D eigenvalue weighted by molar-refractivity contribution is -0.167. The summed E-state index contributed by atoms with van der Waals surface area (Å²) in [7, 11) is 0. The maximum absolute atomic E-state index is 12.9. The Balaban J connectivity index is 4.31. The van der Waals surface area contributed by atoms with Crippen LogP contribution >= 0.6 is 0 Å². The first-order chi connectivity index (χ1) is 33.0. The number of rotatable bonds is 56. The number of hydrogen-bond donors (Lipinski definition) is 0. The first kappa shape index (κ1) is 65.1. The summed E-state index contributed by atoms with van der Waals surface area (Å²) in [6.07, 6.45) is 64.9. The van der Waals surface area contributed by atoms with Gasteiger partial charge < -0.3 is 14.2 Å². The molecule has 0 aliphatic rings. The summed E-state index contributed by atoms with van der Waals surface area (Å²) in [5, 5.41) is 0. The zero-order valence-electron chi connectivity index (χ0n) is 45.5. The Morgan fingerprint density at radius 3 is 0.746 bits per heavy atom. The molecule has 0 saturated carbocycles. The van der Waals surface area contributed by atoms with Crippen LogP contribution in [0.5, 0.6) is 0 Å². The van der Waals surface area contributed by atoms with Crippen LogP contribution in [0.1, 0.15) is 342 Å². The summed E-state index contributed by atoms with van der Waals surface area (Å²) in [5.41, 5.74) is 0. The minimum Gasteiger partial charge on any atom is -0.462 e. The van der Waals surface area contributed by atoms with E-state index in [9.17, 15) is 14.4 Å². The number of unbranched alkanes of at least 4 members (excludes halogenated alkanes) is 43. The van der Waals surface area contributed by atoms with Crippen LogP contribution in [0.3, 0.4) is 0 Å². The molecule has 0 amide bonds. The van der Waals surface area contributed by atoms with Gasteiger partial charge in [-0.15, -0.1) is 0 Å². The van der Waals surface area contributed by atoms with Gasteiger partial charge in [0, 0.05) is 19.3 Å². The van der Waals surface area contributed by atoms with Gasteiger partial charge in [0.05, 0.1) is 0 Å². The van der Waals surface area contributed by atoms with E-state index >= 15 is 0 Å². The van der Waals surface area contributed by atoms with Crippen LogP contribution in [0.4, 0.5) is 0 Å². The Hall–Kier alpha value is -1.85. The third kappa shape index (κ3) is 55.0. The molecule has 0 bridgehead atoms. The van der Waals surface area contributed by atoms with Gasteiger partial charge in [-0.1, -0.05) is 290 Å².